The van der Waals surface area contributed by atoms with E-state index in [1.54, 1.807) is 7.11 Å². The Bertz CT molecular complexity index is 451. The maximum absolute atomic E-state index is 6.21. The van der Waals surface area contributed by atoms with E-state index in [1.807, 2.05) is 11.3 Å². The summed E-state index contributed by atoms with van der Waals surface area (Å²) < 4.78 is 11.5. The molecule has 3 nitrogen and oxygen atoms in total. The quantitative estimate of drug-likeness (QED) is 0.831. The Balaban J connectivity index is 1.54. The number of piperidine rings is 1. The van der Waals surface area contributed by atoms with E-state index >= 15 is 0 Å². The monoisotopic (exact) mass is 309 g/mol. The zero-order valence-electron chi connectivity index (χ0n) is 13.3. The minimum atomic E-state index is 0.153. The van der Waals surface area contributed by atoms with Crippen LogP contribution in [-0.2, 0) is 16.0 Å². The van der Waals surface area contributed by atoms with Gasteiger partial charge in [0.05, 0.1) is 5.60 Å². The van der Waals surface area contributed by atoms with E-state index < -0.39 is 0 Å². The van der Waals surface area contributed by atoms with Gasteiger partial charge in [-0.2, -0.15) is 0 Å². The molecule has 4 heteroatoms. The first kappa shape index (κ1) is 15.5. The van der Waals surface area contributed by atoms with Crippen molar-refractivity contribution in [3.05, 3.63) is 21.9 Å². The highest BCUT2D eigenvalue weighted by atomic mass is 32.1. The van der Waals surface area contributed by atoms with E-state index in [4.69, 9.17) is 9.47 Å². The van der Waals surface area contributed by atoms with E-state index in [2.05, 4.69) is 24.0 Å². The number of ether oxygens (including phenoxy) is 2. The zero-order chi connectivity index (χ0) is 14.7. The maximum Gasteiger partial charge on any atom is 0.0736 e. The molecule has 0 aliphatic carbocycles. The van der Waals surface area contributed by atoms with Crippen LogP contribution in [-0.4, -0.2) is 43.9 Å². The van der Waals surface area contributed by atoms with Gasteiger partial charge in [-0.3, -0.25) is 4.90 Å². The van der Waals surface area contributed by atoms with E-state index in [0.29, 0.717) is 5.92 Å². The van der Waals surface area contributed by atoms with Gasteiger partial charge in [-0.25, -0.2) is 0 Å². The van der Waals surface area contributed by atoms with Gasteiger partial charge < -0.3 is 9.47 Å². The smallest absolute Gasteiger partial charge is 0.0736 e. The molecule has 3 rings (SSSR count). The number of methoxy groups -OCH3 is 1. The fraction of sp³-hybridized carbons (Fsp3) is 0.765. The Morgan fingerprint density at radius 1 is 1.38 bits per heavy atom. The molecule has 3 heterocycles. The normalized spacial score (nSPS) is 25.7. The summed E-state index contributed by atoms with van der Waals surface area (Å²) in [5, 5.41) is 0. The van der Waals surface area contributed by atoms with Crippen LogP contribution < -0.4 is 0 Å². The van der Waals surface area contributed by atoms with Gasteiger partial charge in [-0.1, -0.05) is 0 Å². The van der Waals surface area contributed by atoms with Crippen molar-refractivity contribution in [2.45, 2.75) is 44.8 Å². The van der Waals surface area contributed by atoms with Crippen molar-refractivity contribution >= 4 is 11.3 Å². The first-order chi connectivity index (χ1) is 10.2. The first-order valence-corrected chi connectivity index (χ1v) is 8.94. The van der Waals surface area contributed by atoms with Crippen LogP contribution in [0.3, 0.4) is 0 Å². The van der Waals surface area contributed by atoms with Gasteiger partial charge in [0.2, 0.25) is 0 Å². The molecular formula is C17H27NO2S. The number of thiophene rings is 1. The highest BCUT2D eigenvalue weighted by molar-refractivity contribution is 7.11. The lowest BCUT2D eigenvalue weighted by atomic mass is 9.78. The highest BCUT2D eigenvalue weighted by Crippen LogP contribution is 2.42. The number of aryl methyl sites for hydroxylation is 1. The summed E-state index contributed by atoms with van der Waals surface area (Å²) in [5.74, 6) is 0.698. The number of hydrogen-bond donors (Lipinski definition) is 0. The van der Waals surface area contributed by atoms with Crippen molar-refractivity contribution < 1.29 is 9.47 Å². The standard InChI is InChI=1S/C17H27NO2S/c1-14-3-4-16(21-14)13-18-9-7-17(8-10-18)15(5-11-19-2)6-12-20-17/h3-4,15H,5-13H2,1-2H3/t15-/m1/s1. The fourth-order valence-corrected chi connectivity index (χ4v) is 4.82. The van der Waals surface area contributed by atoms with E-state index in [1.165, 1.54) is 42.1 Å². The zero-order valence-corrected chi connectivity index (χ0v) is 14.1. The van der Waals surface area contributed by atoms with Crippen LogP contribution in [0.2, 0.25) is 0 Å². The second kappa shape index (κ2) is 6.78. The molecule has 2 saturated heterocycles. The summed E-state index contributed by atoms with van der Waals surface area (Å²) in [5.41, 5.74) is 0.153. The predicted molar refractivity (Wildman–Crippen MR) is 86.9 cm³/mol. The van der Waals surface area contributed by atoms with Crippen LogP contribution in [0.4, 0.5) is 0 Å². The van der Waals surface area contributed by atoms with Gasteiger partial charge in [-0.15, -0.1) is 11.3 Å². The summed E-state index contributed by atoms with van der Waals surface area (Å²) in [4.78, 5) is 5.50. The Morgan fingerprint density at radius 2 is 2.19 bits per heavy atom. The third-order valence-corrected chi connectivity index (χ3v) is 6.13. The van der Waals surface area contributed by atoms with Crippen LogP contribution in [0, 0.1) is 12.8 Å². The minimum absolute atomic E-state index is 0.153. The Hall–Kier alpha value is -0.420. The SMILES string of the molecule is COCC[C@@H]1CCOC12CCN(Cc1ccc(C)s1)CC2. The minimum Gasteiger partial charge on any atom is -0.385 e. The maximum atomic E-state index is 6.21. The molecule has 118 valence electrons. The van der Waals surface area contributed by atoms with Gasteiger partial charge in [0.25, 0.3) is 0 Å². The van der Waals surface area contributed by atoms with Crippen LogP contribution in [0.5, 0.6) is 0 Å². The lowest BCUT2D eigenvalue weighted by molar-refractivity contribution is -0.0719. The number of likely N-dealkylation sites (tertiary alicyclic amines) is 1. The van der Waals surface area contributed by atoms with Gasteiger partial charge >= 0.3 is 0 Å². The molecule has 0 saturated carbocycles. The van der Waals surface area contributed by atoms with Crippen molar-refractivity contribution in [1.29, 1.82) is 0 Å². The third-order valence-electron chi connectivity index (χ3n) is 5.15. The molecule has 2 aliphatic rings. The molecule has 0 radical (unpaired) electrons. The molecule has 0 unspecified atom stereocenters. The molecule has 0 aromatic carbocycles. The Kier molecular flexibility index (Phi) is 4.99. The topological polar surface area (TPSA) is 21.7 Å². The van der Waals surface area contributed by atoms with Gasteiger partial charge in [0.15, 0.2) is 0 Å². The molecule has 1 aromatic rings. The van der Waals surface area contributed by atoms with Crippen LogP contribution >= 0.6 is 11.3 Å². The van der Waals surface area contributed by atoms with Crippen LogP contribution in [0.15, 0.2) is 12.1 Å². The van der Waals surface area contributed by atoms with Crippen molar-refractivity contribution in [1.82, 2.24) is 4.90 Å². The lowest BCUT2D eigenvalue weighted by Crippen LogP contribution is -2.47. The largest absolute Gasteiger partial charge is 0.385 e. The van der Waals surface area contributed by atoms with Crippen LogP contribution in [0.25, 0.3) is 0 Å². The number of nitrogens with zero attached hydrogens (tertiary/aromatic N) is 1. The molecular weight excluding hydrogens is 282 g/mol. The Morgan fingerprint density at radius 3 is 2.86 bits per heavy atom. The molecule has 2 aliphatic heterocycles. The van der Waals surface area contributed by atoms with Gasteiger partial charge in [0.1, 0.15) is 0 Å². The molecule has 1 aromatic heterocycles. The second-order valence-corrected chi connectivity index (χ2v) is 7.84. The summed E-state index contributed by atoms with van der Waals surface area (Å²) in [6.07, 6.45) is 4.74. The highest BCUT2D eigenvalue weighted by Gasteiger charge is 2.45. The molecule has 0 N–H and O–H groups in total. The molecule has 21 heavy (non-hydrogen) atoms. The first-order valence-electron chi connectivity index (χ1n) is 8.12. The number of rotatable bonds is 5. The molecule has 1 atom stereocenters. The molecule has 0 bridgehead atoms. The average molecular weight is 309 g/mol. The predicted octanol–water partition coefficient (Wildman–Crippen LogP) is 3.46. The lowest BCUT2D eigenvalue weighted by Gasteiger charge is -2.42. The van der Waals surface area contributed by atoms with Crippen LogP contribution in [0.1, 0.15) is 35.4 Å². The molecule has 2 fully saturated rings. The molecule has 0 amide bonds. The van der Waals surface area contributed by atoms with Crippen molar-refractivity contribution in [3.63, 3.8) is 0 Å². The summed E-state index contributed by atoms with van der Waals surface area (Å²) in [6, 6.07) is 4.50. The van der Waals surface area contributed by atoms with Gasteiger partial charge in [-0.05, 0) is 50.7 Å². The Labute approximate surface area is 132 Å². The summed E-state index contributed by atoms with van der Waals surface area (Å²) >= 11 is 1.93. The third kappa shape index (κ3) is 3.50. The van der Waals surface area contributed by atoms with E-state index in [0.717, 1.165) is 26.2 Å². The van der Waals surface area contributed by atoms with Crippen molar-refractivity contribution in [2.24, 2.45) is 5.92 Å². The van der Waals surface area contributed by atoms with Gasteiger partial charge in [0, 0.05) is 49.7 Å². The van der Waals surface area contributed by atoms with E-state index in [-0.39, 0.29) is 5.60 Å². The molecule has 1 spiro atoms. The van der Waals surface area contributed by atoms with Crippen molar-refractivity contribution in [2.75, 3.05) is 33.4 Å². The number of hydrogen-bond acceptors (Lipinski definition) is 4. The fourth-order valence-electron chi connectivity index (χ4n) is 3.89. The summed E-state index contributed by atoms with van der Waals surface area (Å²) in [6.45, 7) is 7.44. The van der Waals surface area contributed by atoms with E-state index in [9.17, 15) is 0 Å². The average Bonchev–Trinajstić information content (AvgIpc) is 3.06. The van der Waals surface area contributed by atoms with Crippen molar-refractivity contribution in [3.8, 4) is 0 Å². The summed E-state index contributed by atoms with van der Waals surface area (Å²) in [7, 11) is 1.80. The second-order valence-electron chi connectivity index (χ2n) is 6.47.